The third-order valence-electron chi connectivity index (χ3n) is 5.64. The zero-order valence-electron chi connectivity index (χ0n) is 18.3. The van der Waals surface area contributed by atoms with Gasteiger partial charge in [-0.05, 0) is 43.0 Å². The van der Waals surface area contributed by atoms with Crippen LogP contribution < -0.4 is 19.5 Å². The van der Waals surface area contributed by atoms with Gasteiger partial charge in [-0.2, -0.15) is 4.31 Å². The third kappa shape index (κ3) is 4.99. The molecule has 172 valence electrons. The molecule has 0 aromatic heterocycles. The second kappa shape index (κ2) is 9.38. The molecule has 8 nitrogen and oxygen atoms in total. The van der Waals surface area contributed by atoms with Crippen LogP contribution in [0.3, 0.4) is 0 Å². The third-order valence-corrected chi connectivity index (χ3v) is 7.51. The monoisotopic (exact) mass is 460 g/mol. The number of amides is 1. The second-order valence-corrected chi connectivity index (χ2v) is 9.89. The fourth-order valence-corrected chi connectivity index (χ4v) is 5.27. The molecule has 2 aromatic rings. The van der Waals surface area contributed by atoms with Gasteiger partial charge in [0, 0.05) is 37.2 Å². The molecule has 0 spiro atoms. The van der Waals surface area contributed by atoms with Crippen molar-refractivity contribution in [3.05, 3.63) is 47.5 Å². The van der Waals surface area contributed by atoms with Crippen molar-refractivity contribution in [2.75, 3.05) is 27.4 Å². The van der Waals surface area contributed by atoms with E-state index in [2.05, 4.69) is 5.32 Å². The van der Waals surface area contributed by atoms with E-state index in [0.717, 1.165) is 24.0 Å². The molecule has 1 fully saturated rings. The molecular formula is C23H28N2O6S. The Labute approximate surface area is 188 Å². The first-order valence-corrected chi connectivity index (χ1v) is 12.1. The average molecular weight is 461 g/mol. The van der Waals surface area contributed by atoms with E-state index in [4.69, 9.17) is 14.2 Å². The molecule has 0 radical (unpaired) electrons. The van der Waals surface area contributed by atoms with Crippen molar-refractivity contribution in [1.29, 1.82) is 0 Å². The zero-order valence-corrected chi connectivity index (χ0v) is 19.1. The predicted octanol–water partition coefficient (Wildman–Crippen LogP) is 2.50. The summed E-state index contributed by atoms with van der Waals surface area (Å²) in [4.78, 5) is 12.1. The summed E-state index contributed by atoms with van der Waals surface area (Å²) < 4.78 is 44.7. The normalized spacial score (nSPS) is 16.4. The second-order valence-electron chi connectivity index (χ2n) is 7.99. The van der Waals surface area contributed by atoms with Crippen LogP contribution >= 0.6 is 0 Å². The Morgan fingerprint density at radius 3 is 2.69 bits per heavy atom. The first kappa shape index (κ1) is 22.4. The molecule has 9 heteroatoms. The van der Waals surface area contributed by atoms with Gasteiger partial charge in [-0.3, -0.25) is 4.79 Å². The smallest absolute Gasteiger partial charge is 0.247 e. The van der Waals surface area contributed by atoms with Crippen molar-refractivity contribution in [1.82, 2.24) is 9.62 Å². The Morgan fingerprint density at radius 1 is 1.16 bits per heavy atom. The van der Waals surface area contributed by atoms with Gasteiger partial charge in [0.2, 0.25) is 15.9 Å². The van der Waals surface area contributed by atoms with Gasteiger partial charge < -0.3 is 19.5 Å². The van der Waals surface area contributed by atoms with Crippen LogP contribution in [0.2, 0.25) is 0 Å². The summed E-state index contributed by atoms with van der Waals surface area (Å²) in [5.74, 6) is 1.40. The van der Waals surface area contributed by atoms with Gasteiger partial charge >= 0.3 is 0 Å². The first-order valence-electron chi connectivity index (χ1n) is 10.7. The Bertz CT molecular complexity index is 1100. The Kier molecular flexibility index (Phi) is 6.57. The molecule has 0 saturated heterocycles. The molecule has 2 aliphatic rings. The van der Waals surface area contributed by atoms with Crippen LogP contribution in [-0.2, 0) is 27.8 Å². The fourth-order valence-electron chi connectivity index (χ4n) is 3.69. The molecule has 1 saturated carbocycles. The minimum Gasteiger partial charge on any atom is -0.497 e. The van der Waals surface area contributed by atoms with Gasteiger partial charge in [-0.25, -0.2) is 8.42 Å². The quantitative estimate of drug-likeness (QED) is 0.651. The number of hydrogen-bond donors (Lipinski definition) is 1. The highest BCUT2D eigenvalue weighted by Gasteiger charge is 2.31. The van der Waals surface area contributed by atoms with Gasteiger partial charge in [0.15, 0.2) is 0 Å². The molecule has 1 N–H and O–H groups in total. The minimum absolute atomic E-state index is 0.0491. The van der Waals surface area contributed by atoms with Gasteiger partial charge in [0.1, 0.15) is 28.8 Å². The minimum atomic E-state index is -3.86. The average Bonchev–Trinajstić information content (AvgIpc) is 3.63. The Hall–Kier alpha value is -2.78. The van der Waals surface area contributed by atoms with Crippen molar-refractivity contribution < 1.29 is 27.4 Å². The van der Waals surface area contributed by atoms with Gasteiger partial charge in [-0.1, -0.05) is 12.1 Å². The topological polar surface area (TPSA) is 94.2 Å². The molecule has 2 aromatic carbocycles. The number of nitrogens with one attached hydrogen (secondary N) is 1. The van der Waals surface area contributed by atoms with E-state index in [1.165, 1.54) is 24.6 Å². The van der Waals surface area contributed by atoms with Crippen LogP contribution in [0.1, 0.15) is 30.4 Å². The maximum atomic E-state index is 13.5. The van der Waals surface area contributed by atoms with Crippen molar-refractivity contribution in [2.45, 2.75) is 43.2 Å². The van der Waals surface area contributed by atoms with E-state index in [-0.39, 0.29) is 36.2 Å². The summed E-state index contributed by atoms with van der Waals surface area (Å²) in [6.07, 6.45) is 3.11. The summed E-state index contributed by atoms with van der Waals surface area (Å²) >= 11 is 0. The van der Waals surface area contributed by atoms with Gasteiger partial charge in [-0.15, -0.1) is 0 Å². The Balaban J connectivity index is 1.55. The molecule has 1 aliphatic carbocycles. The summed E-state index contributed by atoms with van der Waals surface area (Å²) in [6, 6.07) is 10.8. The summed E-state index contributed by atoms with van der Waals surface area (Å²) in [5, 5.41) is 2.99. The largest absolute Gasteiger partial charge is 0.497 e. The van der Waals surface area contributed by atoms with Crippen molar-refractivity contribution >= 4 is 15.9 Å². The van der Waals surface area contributed by atoms with Gasteiger partial charge in [0.25, 0.3) is 0 Å². The van der Waals surface area contributed by atoms with E-state index in [0.29, 0.717) is 30.4 Å². The van der Waals surface area contributed by atoms with Crippen LogP contribution in [0.25, 0.3) is 0 Å². The summed E-state index contributed by atoms with van der Waals surface area (Å²) in [7, 11) is -0.940. The highest BCUT2D eigenvalue weighted by Crippen LogP contribution is 2.33. The lowest BCUT2D eigenvalue weighted by Gasteiger charge is -2.21. The lowest BCUT2D eigenvalue weighted by atomic mass is 10.1. The summed E-state index contributed by atoms with van der Waals surface area (Å²) in [6.45, 7) is 0.609. The van der Waals surface area contributed by atoms with Crippen molar-refractivity contribution in [3.8, 4) is 17.2 Å². The molecule has 0 atom stereocenters. The SMILES string of the molecule is COc1ccc(OC)c(S(=O)(=O)N2CCOc3ccc(CCC(=O)NC4CC4)cc3C2)c1. The predicted molar refractivity (Wildman–Crippen MR) is 119 cm³/mol. The fraction of sp³-hybridized carbons (Fsp3) is 0.435. The number of carbonyl (C=O) groups excluding carboxylic acids is 1. The van der Waals surface area contributed by atoms with E-state index >= 15 is 0 Å². The van der Waals surface area contributed by atoms with Gasteiger partial charge in [0.05, 0.1) is 14.2 Å². The summed E-state index contributed by atoms with van der Waals surface area (Å²) in [5.41, 5.74) is 1.74. The molecule has 1 heterocycles. The number of rotatable bonds is 8. The number of aryl methyl sites for hydroxylation is 1. The number of hydrogen-bond acceptors (Lipinski definition) is 6. The highest BCUT2D eigenvalue weighted by atomic mass is 32.2. The van der Waals surface area contributed by atoms with E-state index in [9.17, 15) is 13.2 Å². The Morgan fingerprint density at radius 2 is 1.97 bits per heavy atom. The van der Waals surface area contributed by atoms with E-state index in [1.807, 2.05) is 18.2 Å². The van der Waals surface area contributed by atoms with E-state index in [1.54, 1.807) is 12.1 Å². The number of benzene rings is 2. The number of nitrogens with zero attached hydrogens (tertiary/aromatic N) is 1. The maximum absolute atomic E-state index is 13.5. The number of ether oxygens (including phenoxy) is 3. The van der Waals surface area contributed by atoms with Crippen molar-refractivity contribution in [3.63, 3.8) is 0 Å². The molecule has 0 unspecified atom stereocenters. The molecule has 0 bridgehead atoms. The lowest BCUT2D eigenvalue weighted by Crippen LogP contribution is -2.32. The maximum Gasteiger partial charge on any atom is 0.247 e. The zero-order chi connectivity index (χ0) is 22.7. The first-order chi connectivity index (χ1) is 15.4. The molecule has 1 aliphatic heterocycles. The number of carbonyl (C=O) groups is 1. The molecule has 1 amide bonds. The van der Waals surface area contributed by atoms with Crippen LogP contribution in [0.5, 0.6) is 17.2 Å². The molecule has 32 heavy (non-hydrogen) atoms. The van der Waals surface area contributed by atoms with Crippen LogP contribution in [0.4, 0.5) is 0 Å². The van der Waals surface area contributed by atoms with Crippen LogP contribution in [0.15, 0.2) is 41.3 Å². The van der Waals surface area contributed by atoms with Crippen molar-refractivity contribution in [2.24, 2.45) is 0 Å². The van der Waals surface area contributed by atoms with Crippen LogP contribution in [0, 0.1) is 0 Å². The van der Waals surface area contributed by atoms with E-state index < -0.39 is 10.0 Å². The number of methoxy groups -OCH3 is 2. The lowest BCUT2D eigenvalue weighted by molar-refractivity contribution is -0.121. The standard InChI is InChI=1S/C23H28N2O6S/c1-29-19-7-9-21(30-2)22(14-19)32(27,28)25-11-12-31-20-8-3-16(13-17(20)15-25)4-10-23(26)24-18-5-6-18/h3,7-9,13-14,18H,4-6,10-12,15H2,1-2H3,(H,24,26). The number of fused-ring (bicyclic) bond motifs is 1. The molecular weight excluding hydrogens is 432 g/mol. The highest BCUT2D eigenvalue weighted by molar-refractivity contribution is 7.89. The van der Waals surface area contributed by atoms with Crippen LogP contribution in [-0.4, -0.2) is 52.0 Å². The molecule has 4 rings (SSSR count). The number of sulfonamides is 1.